The lowest BCUT2D eigenvalue weighted by atomic mass is 9.98. The number of unbranched alkanes of at least 4 members (excludes halogenated alkanes) is 1. The maximum atomic E-state index is 11.2. The molecule has 0 aliphatic heterocycles. The van der Waals surface area contributed by atoms with E-state index in [2.05, 4.69) is 17.4 Å². The van der Waals surface area contributed by atoms with Gasteiger partial charge >= 0.3 is 5.82 Å². The highest BCUT2D eigenvalue weighted by molar-refractivity contribution is 5.71. The van der Waals surface area contributed by atoms with Crippen LogP contribution in [-0.4, -0.2) is 27.0 Å². The van der Waals surface area contributed by atoms with Gasteiger partial charge in [0.2, 0.25) is 5.82 Å². The first-order chi connectivity index (χ1) is 12.1. The number of imidazole rings is 1. The summed E-state index contributed by atoms with van der Waals surface area (Å²) in [6.07, 6.45) is 10.6. The fourth-order valence-electron chi connectivity index (χ4n) is 2.23. The largest absolute Gasteiger partial charge is 0.358 e. The number of carbonyl (C=O) groups excluding carboxylic acids is 1. The number of nitrogens with one attached hydrogen (secondary N) is 1. The van der Waals surface area contributed by atoms with E-state index in [4.69, 9.17) is 4.84 Å². The fourth-order valence-corrected chi connectivity index (χ4v) is 2.23. The molecule has 1 N–H and O–H groups in total. The van der Waals surface area contributed by atoms with E-state index in [1.54, 1.807) is 25.3 Å². The number of hydrogen-bond donors (Lipinski definition) is 1. The lowest BCUT2D eigenvalue weighted by Crippen LogP contribution is -2.16. The van der Waals surface area contributed by atoms with Crippen LogP contribution in [0.15, 0.2) is 41.3 Å². The van der Waals surface area contributed by atoms with Crippen LogP contribution in [0.5, 0.6) is 0 Å². The van der Waals surface area contributed by atoms with Crippen molar-refractivity contribution in [2.24, 2.45) is 7.05 Å². The van der Waals surface area contributed by atoms with Crippen molar-refractivity contribution in [2.45, 2.75) is 26.2 Å². The number of nitrogens with zero attached hydrogens (tertiary/aromatic N) is 3. The number of rotatable bonds is 8. The molecule has 1 aromatic heterocycles. The molecule has 1 aliphatic carbocycles. The zero-order valence-electron chi connectivity index (χ0n) is 14.2. The van der Waals surface area contributed by atoms with Crippen LogP contribution in [0.25, 0.3) is 6.08 Å². The van der Waals surface area contributed by atoms with Gasteiger partial charge < -0.3 is 10.1 Å². The van der Waals surface area contributed by atoms with Crippen molar-refractivity contribution < 1.29 is 14.6 Å². The summed E-state index contributed by atoms with van der Waals surface area (Å²) >= 11 is 0. The lowest BCUT2D eigenvalue weighted by Gasteiger charge is -2.14. The summed E-state index contributed by atoms with van der Waals surface area (Å²) in [5.74, 6) is 2.23. The van der Waals surface area contributed by atoms with Crippen molar-refractivity contribution in [1.29, 1.82) is 0 Å². The van der Waals surface area contributed by atoms with Crippen LogP contribution >= 0.6 is 0 Å². The number of hydroxylamine groups is 1. The maximum Gasteiger partial charge on any atom is 0.342 e. The summed E-state index contributed by atoms with van der Waals surface area (Å²) in [4.78, 5) is 30.9. The molecule has 2 rings (SSSR count). The van der Waals surface area contributed by atoms with Crippen LogP contribution in [-0.2, 0) is 16.7 Å². The minimum absolute atomic E-state index is 0.0981. The minimum atomic E-state index is -0.500. The average molecular weight is 344 g/mol. The molecule has 0 saturated heterocycles. The van der Waals surface area contributed by atoms with Gasteiger partial charge in [0.15, 0.2) is 0 Å². The molecule has 0 fully saturated rings. The Hall–Kier alpha value is -2.96. The Balaban J connectivity index is 2.05. The highest BCUT2D eigenvalue weighted by Gasteiger charge is 2.15. The van der Waals surface area contributed by atoms with E-state index in [0.29, 0.717) is 30.0 Å². The smallest absolute Gasteiger partial charge is 0.342 e. The van der Waals surface area contributed by atoms with Crippen LogP contribution in [0.3, 0.4) is 0 Å². The van der Waals surface area contributed by atoms with Gasteiger partial charge in [0.25, 0.3) is 0 Å². The second kappa shape index (κ2) is 8.77. The highest BCUT2D eigenvalue weighted by atomic mass is 16.6. The Kier molecular flexibility index (Phi) is 6.45. The van der Waals surface area contributed by atoms with Crippen LogP contribution in [0.2, 0.25) is 0 Å². The van der Waals surface area contributed by atoms with Gasteiger partial charge in [-0.1, -0.05) is 19.4 Å². The summed E-state index contributed by atoms with van der Waals surface area (Å²) in [6.45, 7) is 2.68. The van der Waals surface area contributed by atoms with Crippen molar-refractivity contribution in [3.8, 4) is 0 Å². The topological polar surface area (TPSA) is 99.3 Å². The molecule has 0 saturated carbocycles. The van der Waals surface area contributed by atoms with E-state index in [-0.39, 0.29) is 5.82 Å². The molecular formula is C17H20N4O4. The third-order valence-corrected chi connectivity index (χ3v) is 3.68. The monoisotopic (exact) mass is 344 g/mol. The Morgan fingerprint density at radius 3 is 2.96 bits per heavy atom. The van der Waals surface area contributed by atoms with Crippen LogP contribution < -0.4 is 5.48 Å². The molecule has 0 atom stereocenters. The number of allylic oxidation sites excluding steroid dienone is 5. The molecule has 8 nitrogen and oxygen atoms in total. The van der Waals surface area contributed by atoms with Gasteiger partial charge in [-0.05, 0) is 29.1 Å². The fraction of sp³-hybridized carbons (Fsp3) is 0.353. The zero-order valence-corrected chi connectivity index (χ0v) is 14.2. The third-order valence-electron chi connectivity index (χ3n) is 3.68. The van der Waals surface area contributed by atoms with Gasteiger partial charge in [0.1, 0.15) is 12.1 Å². The second-order valence-electron chi connectivity index (χ2n) is 5.48. The maximum absolute atomic E-state index is 11.2. The molecule has 0 bridgehead atoms. The number of nitro groups is 1. The summed E-state index contributed by atoms with van der Waals surface area (Å²) < 4.78 is 1.37. The van der Waals surface area contributed by atoms with E-state index in [1.807, 2.05) is 12.0 Å². The Morgan fingerprint density at radius 1 is 1.52 bits per heavy atom. The van der Waals surface area contributed by atoms with Gasteiger partial charge in [-0.2, -0.15) is 0 Å². The summed E-state index contributed by atoms with van der Waals surface area (Å²) in [6, 6.07) is 0. The van der Waals surface area contributed by atoms with Gasteiger partial charge in [-0.15, -0.1) is 0 Å². The molecule has 0 unspecified atom stereocenters. The van der Waals surface area contributed by atoms with Crippen molar-refractivity contribution in [3.05, 3.63) is 57.2 Å². The molecule has 0 radical (unpaired) electrons. The van der Waals surface area contributed by atoms with Gasteiger partial charge in [-0.25, -0.2) is 14.3 Å². The minimum Gasteiger partial charge on any atom is -0.358 e. The third kappa shape index (κ3) is 4.76. The molecular weight excluding hydrogens is 324 g/mol. The van der Waals surface area contributed by atoms with Crippen LogP contribution in [0.1, 0.15) is 32.0 Å². The summed E-state index contributed by atoms with van der Waals surface area (Å²) in [5.41, 5.74) is 4.68. The first kappa shape index (κ1) is 18.4. The number of aromatic nitrogens is 2. The molecule has 1 heterocycles. The number of hydrogen-bond acceptors (Lipinski definition) is 6. The predicted molar refractivity (Wildman–Crippen MR) is 92.9 cm³/mol. The van der Waals surface area contributed by atoms with Crippen molar-refractivity contribution in [2.75, 3.05) is 6.61 Å². The van der Waals surface area contributed by atoms with Gasteiger partial charge in [0.05, 0.1) is 19.2 Å². The van der Waals surface area contributed by atoms with Gasteiger partial charge in [-0.3, -0.25) is 10.3 Å². The SMILES string of the molecule is CCCCONC1=CC(=C=O)C(C=Cc2ncc([N+](=O)[O-])n2C)=CC1. The quantitative estimate of drug-likeness (QED) is 0.337. The standard InChI is InChI=1S/C17H20N4O4/c1-3-4-9-25-19-15-7-5-13(14(10-15)12-22)6-8-16-18-11-17(20(16)2)21(23)24/h5-6,8,10-11,19H,3-4,7,9H2,1-2H3. The van der Waals surface area contributed by atoms with Crippen LogP contribution in [0.4, 0.5) is 5.82 Å². The molecule has 25 heavy (non-hydrogen) atoms. The average Bonchev–Trinajstić information content (AvgIpc) is 2.98. The first-order valence-electron chi connectivity index (χ1n) is 7.95. The summed E-state index contributed by atoms with van der Waals surface area (Å²) in [7, 11) is 1.56. The molecule has 0 amide bonds. The van der Waals surface area contributed by atoms with Crippen molar-refractivity contribution in [3.63, 3.8) is 0 Å². The van der Waals surface area contributed by atoms with Crippen molar-refractivity contribution in [1.82, 2.24) is 15.0 Å². The molecule has 0 spiro atoms. The normalized spacial score (nSPS) is 14.2. The van der Waals surface area contributed by atoms with E-state index >= 15 is 0 Å². The second-order valence-corrected chi connectivity index (χ2v) is 5.48. The van der Waals surface area contributed by atoms with Gasteiger partial charge in [0, 0.05) is 18.2 Å². The molecule has 132 valence electrons. The molecule has 8 heteroatoms. The Labute approximate surface area is 145 Å². The van der Waals surface area contributed by atoms with E-state index in [0.717, 1.165) is 18.5 Å². The lowest BCUT2D eigenvalue weighted by molar-refractivity contribution is -0.391. The van der Waals surface area contributed by atoms with Crippen molar-refractivity contribution >= 4 is 17.8 Å². The van der Waals surface area contributed by atoms with E-state index < -0.39 is 4.92 Å². The zero-order chi connectivity index (χ0) is 18.2. The molecule has 0 aromatic carbocycles. The van der Waals surface area contributed by atoms with E-state index in [9.17, 15) is 14.9 Å². The predicted octanol–water partition coefficient (Wildman–Crippen LogP) is 2.63. The Bertz CT molecular complexity index is 783. The highest BCUT2D eigenvalue weighted by Crippen LogP contribution is 2.22. The first-order valence-corrected chi connectivity index (χ1v) is 7.95. The van der Waals surface area contributed by atoms with Crippen LogP contribution in [0, 0.1) is 10.1 Å². The molecule has 1 aliphatic rings. The van der Waals surface area contributed by atoms with E-state index in [1.165, 1.54) is 10.8 Å². The summed E-state index contributed by atoms with van der Waals surface area (Å²) in [5, 5.41) is 10.8. The Morgan fingerprint density at radius 2 is 2.32 bits per heavy atom. The molecule has 1 aromatic rings.